The van der Waals surface area contributed by atoms with Crippen LogP contribution in [0.1, 0.15) is 30.0 Å². The van der Waals surface area contributed by atoms with E-state index in [1.807, 2.05) is 13.8 Å². The Labute approximate surface area is 210 Å². The highest BCUT2D eigenvalue weighted by atomic mass is 32.2. The quantitative estimate of drug-likeness (QED) is 0.455. The number of carbonyl (C=O) groups is 1. The molecule has 1 aromatic heterocycles. The molecule has 192 valence electrons. The molecule has 0 spiro atoms. The number of nitrogens with one attached hydrogen (secondary N) is 2. The van der Waals surface area contributed by atoms with Crippen LogP contribution in [0.5, 0.6) is 0 Å². The Morgan fingerprint density at radius 3 is 2.11 bits per heavy atom. The lowest BCUT2D eigenvalue weighted by Gasteiger charge is -2.34. The number of ether oxygens (including phenoxy) is 1. The van der Waals surface area contributed by atoms with Crippen LogP contribution < -0.4 is 10.0 Å². The van der Waals surface area contributed by atoms with E-state index < -0.39 is 26.0 Å². The highest BCUT2D eigenvalue weighted by Crippen LogP contribution is 2.22. The number of morpholine rings is 1. The van der Waals surface area contributed by atoms with Gasteiger partial charge in [0.15, 0.2) is 0 Å². The number of amides is 1. The van der Waals surface area contributed by atoms with Crippen LogP contribution in [0.15, 0.2) is 81.1 Å². The number of rotatable bonds is 8. The summed E-state index contributed by atoms with van der Waals surface area (Å²) in [6.45, 7) is 4.19. The van der Waals surface area contributed by atoms with Crippen LogP contribution in [0.3, 0.4) is 0 Å². The largest absolute Gasteiger partial charge is 0.468 e. The van der Waals surface area contributed by atoms with Crippen molar-refractivity contribution >= 4 is 31.6 Å². The summed E-state index contributed by atoms with van der Waals surface area (Å²) in [6, 6.07) is 14.7. The molecule has 2 N–H and O–H groups in total. The molecule has 1 fully saturated rings. The maximum Gasteiger partial charge on any atom is 0.255 e. The lowest BCUT2D eigenvalue weighted by atomic mass is 10.2. The SMILES string of the molecule is CC1CN(S(=O)(=O)c2ccc(C(=O)Nc3ccc(S(=O)(=O)NCc4ccco4)cc3)cc2)CC(C)O1. The Kier molecular flexibility index (Phi) is 7.62. The third-order valence-corrected chi connectivity index (χ3v) is 8.84. The molecule has 3 aromatic rings. The number of carbonyl (C=O) groups excluding carboxylic acids is 1. The molecular formula is C24H27N3O7S2. The Hall–Kier alpha value is -3.03. The third kappa shape index (κ3) is 6.02. The van der Waals surface area contributed by atoms with Gasteiger partial charge in [-0.3, -0.25) is 4.79 Å². The second-order valence-electron chi connectivity index (χ2n) is 8.49. The first kappa shape index (κ1) is 26.0. The molecule has 0 saturated carbocycles. The van der Waals surface area contributed by atoms with Gasteiger partial charge < -0.3 is 14.5 Å². The molecule has 2 atom stereocenters. The summed E-state index contributed by atoms with van der Waals surface area (Å²) in [6.07, 6.45) is 1.04. The van der Waals surface area contributed by atoms with E-state index in [1.54, 1.807) is 12.1 Å². The molecule has 36 heavy (non-hydrogen) atoms. The fourth-order valence-corrected chi connectivity index (χ4v) is 6.42. The molecule has 2 heterocycles. The van der Waals surface area contributed by atoms with Crippen molar-refractivity contribution in [2.45, 2.75) is 42.4 Å². The van der Waals surface area contributed by atoms with E-state index >= 15 is 0 Å². The molecule has 4 rings (SSSR count). The van der Waals surface area contributed by atoms with Crippen LogP contribution in [0.4, 0.5) is 5.69 Å². The van der Waals surface area contributed by atoms with Gasteiger partial charge in [-0.05, 0) is 74.5 Å². The number of nitrogens with zero attached hydrogens (tertiary/aromatic N) is 1. The van der Waals surface area contributed by atoms with Gasteiger partial charge in [0.05, 0.1) is 34.8 Å². The fraction of sp³-hybridized carbons (Fsp3) is 0.292. The van der Waals surface area contributed by atoms with Crippen LogP contribution in [0.25, 0.3) is 0 Å². The van der Waals surface area contributed by atoms with Gasteiger partial charge in [-0.2, -0.15) is 4.31 Å². The topological polar surface area (TPSA) is 135 Å². The van der Waals surface area contributed by atoms with Crippen LogP contribution in [0, 0.1) is 0 Å². The zero-order chi connectivity index (χ0) is 25.9. The lowest BCUT2D eigenvalue weighted by molar-refractivity contribution is -0.0440. The monoisotopic (exact) mass is 533 g/mol. The first-order chi connectivity index (χ1) is 17.0. The second kappa shape index (κ2) is 10.5. The average molecular weight is 534 g/mol. The summed E-state index contributed by atoms with van der Waals surface area (Å²) in [5.41, 5.74) is 0.646. The summed E-state index contributed by atoms with van der Waals surface area (Å²) in [5, 5.41) is 2.68. The molecule has 0 radical (unpaired) electrons. The molecule has 2 aromatic carbocycles. The highest BCUT2D eigenvalue weighted by molar-refractivity contribution is 7.89. The van der Waals surface area contributed by atoms with E-state index in [1.165, 1.54) is 59.1 Å². The minimum absolute atomic E-state index is 0.0170. The summed E-state index contributed by atoms with van der Waals surface area (Å²) in [5.74, 6) is 0.0226. The van der Waals surface area contributed by atoms with Gasteiger partial charge in [-0.15, -0.1) is 0 Å². The predicted molar refractivity (Wildman–Crippen MR) is 132 cm³/mol. The molecule has 2 unspecified atom stereocenters. The molecular weight excluding hydrogens is 506 g/mol. The molecule has 0 aliphatic carbocycles. The number of furan rings is 1. The summed E-state index contributed by atoms with van der Waals surface area (Å²) < 4.78 is 65.4. The fourth-order valence-electron chi connectivity index (χ4n) is 3.84. The van der Waals surface area contributed by atoms with Crippen molar-refractivity contribution in [2.24, 2.45) is 0 Å². The molecule has 1 saturated heterocycles. The molecule has 1 aliphatic heterocycles. The normalized spacial score (nSPS) is 19.2. The molecule has 0 bridgehead atoms. The minimum Gasteiger partial charge on any atom is -0.468 e. The number of hydrogen-bond donors (Lipinski definition) is 2. The maximum atomic E-state index is 13.0. The van der Waals surface area contributed by atoms with Crippen LogP contribution in [-0.4, -0.2) is 52.3 Å². The van der Waals surface area contributed by atoms with E-state index in [2.05, 4.69) is 10.0 Å². The molecule has 1 aliphatic rings. The number of sulfonamides is 2. The number of hydrogen-bond acceptors (Lipinski definition) is 7. The summed E-state index contributed by atoms with van der Waals surface area (Å²) in [4.78, 5) is 12.8. The maximum absolute atomic E-state index is 13.0. The Morgan fingerprint density at radius 1 is 0.917 bits per heavy atom. The van der Waals surface area contributed by atoms with E-state index in [9.17, 15) is 21.6 Å². The van der Waals surface area contributed by atoms with Gasteiger partial charge in [-0.25, -0.2) is 21.6 Å². The van der Waals surface area contributed by atoms with Gasteiger partial charge >= 0.3 is 0 Å². The lowest BCUT2D eigenvalue weighted by Crippen LogP contribution is -2.48. The Bertz CT molecular complexity index is 1390. The molecule has 10 nitrogen and oxygen atoms in total. The second-order valence-corrected chi connectivity index (χ2v) is 12.2. The summed E-state index contributed by atoms with van der Waals surface area (Å²) >= 11 is 0. The van der Waals surface area contributed by atoms with Crippen molar-refractivity contribution in [1.29, 1.82) is 0 Å². The van der Waals surface area contributed by atoms with Crippen molar-refractivity contribution < 1.29 is 30.8 Å². The zero-order valence-corrected chi connectivity index (χ0v) is 21.4. The van der Waals surface area contributed by atoms with Crippen molar-refractivity contribution in [3.8, 4) is 0 Å². The van der Waals surface area contributed by atoms with Gasteiger partial charge in [0, 0.05) is 24.3 Å². The van der Waals surface area contributed by atoms with Gasteiger partial charge in [0.2, 0.25) is 20.0 Å². The number of benzene rings is 2. The van der Waals surface area contributed by atoms with Crippen LogP contribution in [0.2, 0.25) is 0 Å². The molecule has 1 amide bonds. The van der Waals surface area contributed by atoms with E-state index in [-0.39, 0.29) is 47.2 Å². The third-order valence-electron chi connectivity index (χ3n) is 5.58. The first-order valence-corrected chi connectivity index (χ1v) is 14.2. The number of anilines is 1. The highest BCUT2D eigenvalue weighted by Gasteiger charge is 2.32. The minimum atomic E-state index is -3.76. The van der Waals surface area contributed by atoms with Gasteiger partial charge in [0.1, 0.15) is 5.76 Å². The van der Waals surface area contributed by atoms with Gasteiger partial charge in [-0.1, -0.05) is 0 Å². The van der Waals surface area contributed by atoms with Crippen LogP contribution >= 0.6 is 0 Å². The Morgan fingerprint density at radius 2 is 1.53 bits per heavy atom. The zero-order valence-electron chi connectivity index (χ0n) is 19.7. The van der Waals surface area contributed by atoms with Crippen molar-refractivity contribution in [2.75, 3.05) is 18.4 Å². The predicted octanol–water partition coefficient (Wildman–Crippen LogP) is 2.81. The van der Waals surface area contributed by atoms with Crippen molar-refractivity contribution in [1.82, 2.24) is 9.03 Å². The summed E-state index contributed by atoms with van der Waals surface area (Å²) in [7, 11) is -7.47. The van der Waals surface area contributed by atoms with Crippen molar-refractivity contribution in [3.05, 3.63) is 78.3 Å². The first-order valence-electron chi connectivity index (χ1n) is 11.2. The van der Waals surface area contributed by atoms with Crippen molar-refractivity contribution in [3.63, 3.8) is 0 Å². The standard InChI is InChI=1S/C24H27N3O7S2/c1-17-15-27(16-18(2)34-17)36(31,32)23-9-5-19(6-10-23)24(28)26-20-7-11-22(12-8-20)35(29,30)25-14-21-4-3-13-33-21/h3-13,17-18,25H,14-16H2,1-2H3,(H,26,28). The van der Waals surface area contributed by atoms with Gasteiger partial charge in [0.25, 0.3) is 5.91 Å². The van der Waals surface area contributed by atoms with E-state index in [0.717, 1.165) is 0 Å². The van der Waals surface area contributed by atoms with E-state index in [4.69, 9.17) is 9.15 Å². The van der Waals surface area contributed by atoms with Crippen LogP contribution in [-0.2, 0) is 31.3 Å². The Balaban J connectivity index is 1.39. The smallest absolute Gasteiger partial charge is 0.255 e. The molecule has 12 heteroatoms. The van der Waals surface area contributed by atoms with E-state index in [0.29, 0.717) is 11.4 Å². The average Bonchev–Trinajstić information content (AvgIpc) is 3.36.